The molecule has 0 fully saturated rings. The summed E-state index contributed by atoms with van der Waals surface area (Å²) in [6.45, 7) is 2.63. The lowest BCUT2D eigenvalue weighted by atomic mass is 10.1. The fourth-order valence-electron chi connectivity index (χ4n) is 1.82. The van der Waals surface area contributed by atoms with Crippen molar-refractivity contribution < 1.29 is 0 Å². The summed E-state index contributed by atoms with van der Waals surface area (Å²) in [6.07, 6.45) is 1.97. The Labute approximate surface area is 123 Å². The van der Waals surface area contributed by atoms with Gasteiger partial charge in [0.1, 0.15) is 0 Å². The molecule has 1 N–H and O–H groups in total. The van der Waals surface area contributed by atoms with E-state index in [2.05, 4.69) is 17.4 Å². The van der Waals surface area contributed by atoms with Crippen molar-refractivity contribution in [2.45, 2.75) is 13.5 Å². The number of hydrogen-bond acceptors (Lipinski definition) is 1. The molecule has 0 aromatic heterocycles. The van der Waals surface area contributed by atoms with Gasteiger partial charge in [0, 0.05) is 22.3 Å². The molecule has 98 valence electrons. The van der Waals surface area contributed by atoms with Crippen LogP contribution in [0.2, 0.25) is 5.02 Å². The molecule has 0 heterocycles. The lowest BCUT2D eigenvalue weighted by molar-refractivity contribution is 1.14. The molecule has 0 spiro atoms. The van der Waals surface area contributed by atoms with E-state index in [4.69, 9.17) is 23.2 Å². The zero-order chi connectivity index (χ0) is 13.7. The van der Waals surface area contributed by atoms with Gasteiger partial charge in [-0.2, -0.15) is 0 Å². The monoisotopic (exact) mass is 291 g/mol. The second-order valence-electron chi connectivity index (χ2n) is 4.29. The van der Waals surface area contributed by atoms with Crippen molar-refractivity contribution in [3.8, 4) is 0 Å². The number of halogens is 2. The minimum Gasteiger partial charge on any atom is -0.381 e. The lowest BCUT2D eigenvalue weighted by Crippen LogP contribution is -2.00. The van der Waals surface area contributed by atoms with Gasteiger partial charge in [0.2, 0.25) is 0 Å². The maximum absolute atomic E-state index is 5.94. The van der Waals surface area contributed by atoms with Crippen molar-refractivity contribution in [2.24, 2.45) is 0 Å². The largest absolute Gasteiger partial charge is 0.381 e. The number of hydrogen-bond donors (Lipinski definition) is 1. The maximum Gasteiger partial charge on any atom is 0.0407 e. The standard InChI is InChI=1S/C16H15Cl2N/c1-12(17)10-13-4-2-3-5-14(13)11-19-16-8-6-15(18)7-9-16/h2-10,19H,11H2,1H3/b12-10-. The molecule has 19 heavy (non-hydrogen) atoms. The third kappa shape index (κ3) is 4.30. The van der Waals surface area contributed by atoms with Crippen molar-refractivity contribution in [3.63, 3.8) is 0 Å². The Morgan fingerprint density at radius 2 is 1.79 bits per heavy atom. The maximum atomic E-state index is 5.94. The van der Waals surface area contributed by atoms with Crippen LogP contribution in [0.1, 0.15) is 18.1 Å². The van der Waals surface area contributed by atoms with E-state index in [0.717, 1.165) is 27.9 Å². The molecular formula is C16H15Cl2N. The molecule has 0 atom stereocenters. The molecule has 0 aliphatic carbocycles. The van der Waals surface area contributed by atoms with Crippen molar-refractivity contribution >= 4 is 35.0 Å². The van der Waals surface area contributed by atoms with Crippen molar-refractivity contribution in [1.29, 1.82) is 0 Å². The number of benzene rings is 2. The molecule has 3 heteroatoms. The number of rotatable bonds is 4. The summed E-state index contributed by atoms with van der Waals surface area (Å²) >= 11 is 11.8. The van der Waals surface area contributed by atoms with Gasteiger partial charge in [-0.3, -0.25) is 0 Å². The van der Waals surface area contributed by atoms with Gasteiger partial charge in [-0.1, -0.05) is 47.5 Å². The predicted octanol–water partition coefficient (Wildman–Crippen LogP) is 5.55. The number of nitrogens with one attached hydrogen (secondary N) is 1. The van der Waals surface area contributed by atoms with E-state index in [9.17, 15) is 0 Å². The van der Waals surface area contributed by atoms with Crippen molar-refractivity contribution in [3.05, 3.63) is 69.7 Å². The molecule has 2 aromatic carbocycles. The fourth-order valence-corrected chi connectivity index (χ4v) is 2.06. The highest BCUT2D eigenvalue weighted by atomic mass is 35.5. The van der Waals surface area contributed by atoms with Crippen LogP contribution in [0.15, 0.2) is 53.6 Å². The third-order valence-corrected chi connectivity index (χ3v) is 3.10. The first-order chi connectivity index (χ1) is 9.15. The summed E-state index contributed by atoms with van der Waals surface area (Å²) < 4.78 is 0. The van der Waals surface area contributed by atoms with Crippen LogP contribution < -0.4 is 5.32 Å². The molecule has 0 amide bonds. The average molecular weight is 292 g/mol. The third-order valence-electron chi connectivity index (χ3n) is 2.74. The van der Waals surface area contributed by atoms with Gasteiger partial charge in [-0.25, -0.2) is 0 Å². The molecular weight excluding hydrogens is 277 g/mol. The normalized spacial score (nSPS) is 11.4. The van der Waals surface area contributed by atoms with E-state index in [0.29, 0.717) is 0 Å². The second-order valence-corrected chi connectivity index (χ2v) is 5.32. The van der Waals surface area contributed by atoms with Gasteiger partial charge in [0.25, 0.3) is 0 Å². The molecule has 0 saturated heterocycles. The minimum atomic E-state index is 0.742. The van der Waals surface area contributed by atoms with E-state index in [1.54, 1.807) is 0 Å². The number of anilines is 1. The first-order valence-electron chi connectivity index (χ1n) is 6.06. The number of allylic oxidation sites excluding steroid dienone is 1. The SMILES string of the molecule is C/C(Cl)=C/c1ccccc1CNc1ccc(Cl)cc1. The van der Waals surface area contributed by atoms with Gasteiger partial charge in [0.15, 0.2) is 0 Å². The van der Waals surface area contributed by atoms with E-state index in [1.165, 1.54) is 5.56 Å². The summed E-state index contributed by atoms with van der Waals surface area (Å²) in [5.41, 5.74) is 3.39. The average Bonchev–Trinajstić information content (AvgIpc) is 2.39. The zero-order valence-corrected chi connectivity index (χ0v) is 12.2. The highest BCUT2D eigenvalue weighted by Crippen LogP contribution is 2.18. The first kappa shape index (κ1) is 14.0. The van der Waals surface area contributed by atoms with Crippen LogP contribution >= 0.6 is 23.2 Å². The topological polar surface area (TPSA) is 12.0 Å². The molecule has 2 rings (SSSR count). The molecule has 0 unspecified atom stereocenters. The fraction of sp³-hybridized carbons (Fsp3) is 0.125. The van der Waals surface area contributed by atoms with Crippen LogP contribution in [0.5, 0.6) is 0 Å². The van der Waals surface area contributed by atoms with Crippen molar-refractivity contribution in [1.82, 2.24) is 0 Å². The highest BCUT2D eigenvalue weighted by molar-refractivity contribution is 6.31. The Kier molecular flexibility index (Phi) is 4.89. The van der Waals surface area contributed by atoms with Gasteiger partial charge in [0.05, 0.1) is 0 Å². The smallest absolute Gasteiger partial charge is 0.0407 e. The summed E-state index contributed by atoms with van der Waals surface area (Å²) in [4.78, 5) is 0. The van der Waals surface area contributed by atoms with Gasteiger partial charge < -0.3 is 5.32 Å². The molecule has 0 bridgehead atoms. The molecule has 0 radical (unpaired) electrons. The Bertz CT molecular complexity index is 570. The molecule has 0 aliphatic heterocycles. The zero-order valence-electron chi connectivity index (χ0n) is 10.7. The van der Waals surface area contributed by atoms with E-state index in [-0.39, 0.29) is 0 Å². The Hall–Kier alpha value is -1.44. The summed E-state index contributed by atoms with van der Waals surface area (Å²) in [5, 5.41) is 4.89. The van der Waals surface area contributed by atoms with Gasteiger partial charge in [-0.05, 0) is 48.4 Å². The van der Waals surface area contributed by atoms with Crippen LogP contribution in [0, 0.1) is 0 Å². The van der Waals surface area contributed by atoms with Crippen LogP contribution in [-0.2, 0) is 6.54 Å². The van der Waals surface area contributed by atoms with Crippen LogP contribution in [0.25, 0.3) is 6.08 Å². The molecule has 1 nitrogen and oxygen atoms in total. The van der Waals surface area contributed by atoms with E-state index < -0.39 is 0 Å². The highest BCUT2D eigenvalue weighted by Gasteiger charge is 2.00. The van der Waals surface area contributed by atoms with Crippen molar-refractivity contribution in [2.75, 3.05) is 5.32 Å². The van der Waals surface area contributed by atoms with E-state index in [1.807, 2.05) is 49.4 Å². The lowest BCUT2D eigenvalue weighted by Gasteiger charge is -2.09. The Morgan fingerprint density at radius 1 is 1.11 bits per heavy atom. The molecule has 0 saturated carbocycles. The van der Waals surface area contributed by atoms with Gasteiger partial charge in [-0.15, -0.1) is 0 Å². The van der Waals surface area contributed by atoms with Crippen LogP contribution in [-0.4, -0.2) is 0 Å². The summed E-state index contributed by atoms with van der Waals surface area (Å²) in [6, 6.07) is 15.9. The van der Waals surface area contributed by atoms with E-state index >= 15 is 0 Å². The van der Waals surface area contributed by atoms with Crippen LogP contribution in [0.3, 0.4) is 0 Å². The summed E-state index contributed by atoms with van der Waals surface area (Å²) in [5.74, 6) is 0. The van der Waals surface area contributed by atoms with Gasteiger partial charge >= 0.3 is 0 Å². The predicted molar refractivity (Wildman–Crippen MR) is 84.7 cm³/mol. The first-order valence-corrected chi connectivity index (χ1v) is 6.82. The molecule has 2 aromatic rings. The quantitative estimate of drug-likeness (QED) is 0.778. The Morgan fingerprint density at radius 3 is 2.47 bits per heavy atom. The van der Waals surface area contributed by atoms with Crippen LogP contribution in [0.4, 0.5) is 5.69 Å². The Balaban J connectivity index is 2.11. The minimum absolute atomic E-state index is 0.742. The second kappa shape index (κ2) is 6.65. The molecule has 0 aliphatic rings. The summed E-state index contributed by atoms with van der Waals surface area (Å²) in [7, 11) is 0.